The van der Waals surface area contributed by atoms with Gasteiger partial charge in [0.1, 0.15) is 0 Å². The van der Waals surface area contributed by atoms with Crippen molar-refractivity contribution < 1.29 is 8.42 Å². The standard InChI is InChI=1S/C17H25N3O2S/c1-19(2)13-7-12-18-23(21,22)17-11-6-8-14-15(17)9-5-10-16(14)20(3)4/h5-6,8-11,18H,7,12-13H2,1-4H3. The molecule has 0 unspecified atom stereocenters. The molecule has 23 heavy (non-hydrogen) atoms. The number of sulfonamides is 1. The van der Waals surface area contributed by atoms with Crippen molar-refractivity contribution in [3.8, 4) is 0 Å². The average Bonchev–Trinajstić information content (AvgIpc) is 2.50. The lowest BCUT2D eigenvalue weighted by molar-refractivity contribution is 0.400. The SMILES string of the molecule is CN(C)CCCNS(=O)(=O)c1cccc2c(N(C)C)cccc12. The van der Waals surface area contributed by atoms with Crippen LogP contribution in [0, 0.1) is 0 Å². The largest absolute Gasteiger partial charge is 0.377 e. The van der Waals surface area contributed by atoms with Crippen molar-refractivity contribution in [2.24, 2.45) is 0 Å². The molecule has 0 saturated heterocycles. The number of hydrogen-bond acceptors (Lipinski definition) is 4. The molecule has 5 nitrogen and oxygen atoms in total. The first-order chi connectivity index (χ1) is 10.8. The van der Waals surface area contributed by atoms with Gasteiger partial charge in [-0.25, -0.2) is 13.1 Å². The van der Waals surface area contributed by atoms with Gasteiger partial charge in [-0.15, -0.1) is 0 Å². The van der Waals surface area contributed by atoms with Crippen molar-refractivity contribution in [1.29, 1.82) is 0 Å². The van der Waals surface area contributed by atoms with E-state index in [1.807, 2.05) is 62.3 Å². The Kier molecular flexibility index (Phi) is 5.62. The van der Waals surface area contributed by atoms with E-state index in [1.165, 1.54) is 0 Å². The van der Waals surface area contributed by atoms with E-state index in [-0.39, 0.29) is 0 Å². The van der Waals surface area contributed by atoms with Crippen LogP contribution in [0.3, 0.4) is 0 Å². The number of fused-ring (bicyclic) bond motifs is 1. The predicted octanol–water partition coefficient (Wildman–Crippen LogP) is 2.14. The first-order valence-corrected chi connectivity index (χ1v) is 9.15. The minimum Gasteiger partial charge on any atom is -0.377 e. The fourth-order valence-corrected chi connectivity index (χ4v) is 3.86. The maximum Gasteiger partial charge on any atom is 0.241 e. The molecule has 0 spiro atoms. The molecule has 0 bridgehead atoms. The van der Waals surface area contributed by atoms with E-state index < -0.39 is 10.0 Å². The highest BCUT2D eigenvalue weighted by molar-refractivity contribution is 7.89. The molecule has 2 aromatic carbocycles. The van der Waals surface area contributed by atoms with E-state index in [0.717, 1.165) is 29.4 Å². The van der Waals surface area contributed by atoms with Crippen molar-refractivity contribution in [2.45, 2.75) is 11.3 Å². The van der Waals surface area contributed by atoms with Gasteiger partial charge in [0, 0.05) is 37.1 Å². The topological polar surface area (TPSA) is 52.7 Å². The van der Waals surface area contributed by atoms with Crippen molar-refractivity contribution in [2.75, 3.05) is 46.2 Å². The molecule has 1 N–H and O–H groups in total. The van der Waals surface area contributed by atoms with Gasteiger partial charge in [-0.2, -0.15) is 0 Å². The summed E-state index contributed by atoms with van der Waals surface area (Å²) in [7, 11) is 4.34. The summed E-state index contributed by atoms with van der Waals surface area (Å²) in [5.41, 5.74) is 1.01. The summed E-state index contributed by atoms with van der Waals surface area (Å²) in [4.78, 5) is 4.36. The quantitative estimate of drug-likeness (QED) is 0.788. The first-order valence-electron chi connectivity index (χ1n) is 7.66. The van der Waals surface area contributed by atoms with Gasteiger partial charge < -0.3 is 9.80 Å². The Balaban J connectivity index is 2.34. The Hall–Kier alpha value is -1.63. The van der Waals surface area contributed by atoms with Crippen molar-refractivity contribution in [3.05, 3.63) is 36.4 Å². The summed E-state index contributed by atoms with van der Waals surface area (Å²) in [6, 6.07) is 11.2. The van der Waals surface area contributed by atoms with Gasteiger partial charge in [-0.3, -0.25) is 0 Å². The van der Waals surface area contributed by atoms with Crippen LogP contribution >= 0.6 is 0 Å². The fourth-order valence-electron chi connectivity index (χ4n) is 2.57. The molecule has 0 amide bonds. The highest BCUT2D eigenvalue weighted by Gasteiger charge is 2.17. The Morgan fingerprint density at radius 1 is 0.957 bits per heavy atom. The summed E-state index contributed by atoms with van der Waals surface area (Å²) < 4.78 is 28.0. The van der Waals surface area contributed by atoms with Crippen LogP contribution in [0.4, 0.5) is 5.69 Å². The molecule has 126 valence electrons. The van der Waals surface area contributed by atoms with Gasteiger partial charge in [0.05, 0.1) is 4.90 Å². The minimum atomic E-state index is -3.51. The third kappa shape index (κ3) is 4.22. The van der Waals surface area contributed by atoms with Gasteiger partial charge in [0.15, 0.2) is 0 Å². The Morgan fingerprint density at radius 2 is 1.61 bits per heavy atom. The molecular weight excluding hydrogens is 310 g/mol. The number of nitrogens with zero attached hydrogens (tertiary/aromatic N) is 2. The van der Waals surface area contributed by atoms with E-state index in [0.29, 0.717) is 11.4 Å². The third-order valence-corrected chi connectivity index (χ3v) is 5.22. The highest BCUT2D eigenvalue weighted by Crippen LogP contribution is 2.29. The van der Waals surface area contributed by atoms with Gasteiger partial charge >= 0.3 is 0 Å². The first kappa shape index (κ1) is 17.7. The molecule has 0 aliphatic heterocycles. The maximum atomic E-state index is 12.6. The zero-order valence-corrected chi connectivity index (χ0v) is 15.0. The summed E-state index contributed by atoms with van der Waals surface area (Å²) in [6.45, 7) is 1.28. The molecule has 6 heteroatoms. The number of benzene rings is 2. The molecule has 2 rings (SSSR count). The van der Waals surface area contributed by atoms with Crippen LogP contribution in [0.25, 0.3) is 10.8 Å². The summed E-state index contributed by atoms with van der Waals surface area (Å²) in [6.07, 6.45) is 0.778. The Bertz CT molecular complexity index is 771. The number of nitrogens with one attached hydrogen (secondary N) is 1. The summed E-state index contributed by atoms with van der Waals surface area (Å²) in [5, 5.41) is 1.69. The van der Waals surface area contributed by atoms with Crippen LogP contribution in [0.1, 0.15) is 6.42 Å². The maximum absolute atomic E-state index is 12.6. The van der Waals surface area contributed by atoms with Crippen LogP contribution < -0.4 is 9.62 Å². The molecule has 2 aromatic rings. The third-order valence-electron chi connectivity index (χ3n) is 3.70. The lowest BCUT2D eigenvalue weighted by atomic mass is 10.1. The van der Waals surface area contributed by atoms with Gasteiger partial charge in [0.2, 0.25) is 10.0 Å². The molecule has 0 aliphatic rings. The van der Waals surface area contributed by atoms with Gasteiger partial charge in [-0.1, -0.05) is 24.3 Å². The van der Waals surface area contributed by atoms with E-state index >= 15 is 0 Å². The zero-order chi connectivity index (χ0) is 17.0. The average molecular weight is 335 g/mol. The molecule has 0 atom stereocenters. The van der Waals surface area contributed by atoms with E-state index in [1.54, 1.807) is 12.1 Å². The zero-order valence-electron chi connectivity index (χ0n) is 14.2. The van der Waals surface area contributed by atoms with Gasteiger partial charge in [-0.05, 0) is 39.2 Å². The Labute approximate surface area is 138 Å². The lowest BCUT2D eigenvalue weighted by Gasteiger charge is -2.17. The van der Waals surface area contributed by atoms with Crippen LogP contribution in [0.2, 0.25) is 0 Å². The number of anilines is 1. The van der Waals surface area contributed by atoms with Crippen molar-refractivity contribution >= 4 is 26.5 Å². The second kappa shape index (κ2) is 7.29. The summed E-state index contributed by atoms with van der Waals surface area (Å²) >= 11 is 0. The molecule has 0 fully saturated rings. The normalized spacial score (nSPS) is 12.0. The number of rotatable bonds is 7. The fraction of sp³-hybridized carbons (Fsp3) is 0.412. The van der Waals surface area contributed by atoms with Crippen LogP contribution in [0.15, 0.2) is 41.3 Å². The molecular formula is C17H25N3O2S. The smallest absolute Gasteiger partial charge is 0.241 e. The highest BCUT2D eigenvalue weighted by atomic mass is 32.2. The molecule has 0 saturated carbocycles. The van der Waals surface area contributed by atoms with Crippen LogP contribution in [0.5, 0.6) is 0 Å². The molecule has 0 aromatic heterocycles. The van der Waals surface area contributed by atoms with E-state index in [9.17, 15) is 8.42 Å². The minimum absolute atomic E-state index is 0.337. The lowest BCUT2D eigenvalue weighted by Crippen LogP contribution is -2.27. The van der Waals surface area contributed by atoms with E-state index in [2.05, 4.69) is 4.72 Å². The van der Waals surface area contributed by atoms with Gasteiger partial charge in [0.25, 0.3) is 0 Å². The summed E-state index contributed by atoms with van der Waals surface area (Å²) in [5.74, 6) is 0. The second-order valence-corrected chi connectivity index (χ2v) is 7.81. The molecule has 0 aliphatic carbocycles. The van der Waals surface area contributed by atoms with Crippen LogP contribution in [-0.4, -0.2) is 54.6 Å². The van der Waals surface area contributed by atoms with Crippen LogP contribution in [-0.2, 0) is 10.0 Å². The molecule has 0 radical (unpaired) electrons. The number of hydrogen-bond donors (Lipinski definition) is 1. The monoisotopic (exact) mass is 335 g/mol. The van der Waals surface area contributed by atoms with Crippen molar-refractivity contribution in [3.63, 3.8) is 0 Å². The molecule has 0 heterocycles. The van der Waals surface area contributed by atoms with Crippen molar-refractivity contribution in [1.82, 2.24) is 9.62 Å². The predicted molar refractivity (Wildman–Crippen MR) is 96.6 cm³/mol. The van der Waals surface area contributed by atoms with E-state index in [4.69, 9.17) is 0 Å². The Morgan fingerprint density at radius 3 is 2.26 bits per heavy atom. The second-order valence-electron chi connectivity index (χ2n) is 6.08.